The second kappa shape index (κ2) is 8.89. The highest BCUT2D eigenvalue weighted by Gasteiger charge is 2.62. The molecule has 6 rings (SSSR count). The molecule has 1 aromatic heterocycles. The van der Waals surface area contributed by atoms with E-state index < -0.39 is 0 Å². The standard InChI is InChI=1S/C30H31N5O2/c1-18(16-31)17-32-28-24-11-20(8-7-19(24)9-10-27(28)37-3)25-5-4-6-26(34-25)29(36)33-21-12-22-14-30(2)15-23(13-21)35(22)30/h4-11,21-23,32H,1,12-15,17H2,2-3H3,(H,33,36). The number of nitriles is 1. The summed E-state index contributed by atoms with van der Waals surface area (Å²) in [4.78, 5) is 20.6. The number of methoxy groups -OCH3 is 1. The smallest absolute Gasteiger partial charge is 0.270 e. The Morgan fingerprint density at radius 2 is 1.97 bits per heavy atom. The number of anilines is 1. The Labute approximate surface area is 217 Å². The minimum absolute atomic E-state index is 0.110. The fraction of sp³-hybridized carbons (Fsp3) is 0.367. The van der Waals surface area contributed by atoms with Gasteiger partial charge in [-0.3, -0.25) is 9.69 Å². The van der Waals surface area contributed by atoms with Gasteiger partial charge in [0.25, 0.3) is 5.91 Å². The van der Waals surface area contributed by atoms with Crippen LogP contribution in [0.1, 0.15) is 43.1 Å². The average molecular weight is 494 g/mol. The van der Waals surface area contributed by atoms with Gasteiger partial charge < -0.3 is 15.4 Å². The minimum Gasteiger partial charge on any atom is -0.495 e. The maximum atomic E-state index is 13.2. The predicted molar refractivity (Wildman–Crippen MR) is 145 cm³/mol. The molecule has 3 fully saturated rings. The number of hydrogen-bond donors (Lipinski definition) is 2. The number of carbonyl (C=O) groups is 1. The van der Waals surface area contributed by atoms with Crippen LogP contribution in [0.5, 0.6) is 5.75 Å². The summed E-state index contributed by atoms with van der Waals surface area (Å²) in [5, 5.41) is 17.6. The summed E-state index contributed by atoms with van der Waals surface area (Å²) in [6.07, 6.45) is 4.55. The van der Waals surface area contributed by atoms with Crippen LogP contribution in [0.15, 0.2) is 60.7 Å². The van der Waals surface area contributed by atoms with Crippen LogP contribution in [0, 0.1) is 11.3 Å². The summed E-state index contributed by atoms with van der Waals surface area (Å²) in [6.45, 7) is 6.45. The molecule has 7 nitrogen and oxygen atoms in total. The Balaban J connectivity index is 1.24. The molecule has 4 heterocycles. The van der Waals surface area contributed by atoms with Crippen LogP contribution in [0.25, 0.3) is 22.0 Å². The number of aromatic nitrogens is 1. The Kier molecular flexibility index (Phi) is 5.65. The zero-order valence-electron chi connectivity index (χ0n) is 21.3. The van der Waals surface area contributed by atoms with Gasteiger partial charge >= 0.3 is 0 Å². The van der Waals surface area contributed by atoms with Crippen LogP contribution in [0.2, 0.25) is 0 Å². The van der Waals surface area contributed by atoms with E-state index in [1.165, 1.54) is 12.8 Å². The second-order valence-corrected chi connectivity index (χ2v) is 10.8. The molecule has 3 aromatic rings. The molecule has 2 unspecified atom stereocenters. The highest BCUT2D eigenvalue weighted by atomic mass is 16.5. The van der Waals surface area contributed by atoms with Crippen LogP contribution in [-0.4, -0.2) is 53.1 Å². The Bertz CT molecular complexity index is 1440. The predicted octanol–water partition coefficient (Wildman–Crippen LogP) is 4.90. The molecule has 2 atom stereocenters. The van der Waals surface area contributed by atoms with E-state index in [0.717, 1.165) is 40.6 Å². The van der Waals surface area contributed by atoms with Crippen LogP contribution >= 0.6 is 0 Å². The third-order valence-electron chi connectivity index (χ3n) is 8.33. The number of amides is 1. The maximum Gasteiger partial charge on any atom is 0.270 e. The number of ether oxygens (including phenoxy) is 1. The largest absolute Gasteiger partial charge is 0.495 e. The first-order chi connectivity index (χ1) is 17.9. The van der Waals surface area contributed by atoms with E-state index in [1.54, 1.807) is 13.2 Å². The van der Waals surface area contributed by atoms with Crippen molar-refractivity contribution in [1.29, 1.82) is 5.26 Å². The van der Waals surface area contributed by atoms with Crippen molar-refractivity contribution in [3.63, 3.8) is 0 Å². The van der Waals surface area contributed by atoms with Crippen molar-refractivity contribution in [2.24, 2.45) is 0 Å². The number of pyridine rings is 1. The van der Waals surface area contributed by atoms with Gasteiger partial charge in [0.05, 0.1) is 24.6 Å². The first-order valence-corrected chi connectivity index (χ1v) is 12.9. The van der Waals surface area contributed by atoms with Crippen molar-refractivity contribution in [3.05, 3.63) is 66.4 Å². The number of piperidine rings is 2. The molecule has 0 radical (unpaired) electrons. The van der Waals surface area contributed by atoms with Gasteiger partial charge in [0.1, 0.15) is 11.4 Å². The first-order valence-electron chi connectivity index (χ1n) is 12.9. The number of hydrogen-bond acceptors (Lipinski definition) is 6. The monoisotopic (exact) mass is 493 g/mol. The third-order valence-corrected chi connectivity index (χ3v) is 8.33. The second-order valence-electron chi connectivity index (χ2n) is 10.8. The van der Waals surface area contributed by atoms with Gasteiger partial charge in [-0.25, -0.2) is 4.98 Å². The van der Waals surface area contributed by atoms with Gasteiger partial charge in [0.2, 0.25) is 0 Å². The van der Waals surface area contributed by atoms with Crippen LogP contribution < -0.4 is 15.4 Å². The van der Waals surface area contributed by atoms with Crippen molar-refractivity contribution in [3.8, 4) is 23.1 Å². The normalized spacial score (nSPS) is 25.7. The number of rotatable bonds is 7. The SMILES string of the molecule is C=C(C#N)CNc1c(OC)ccc2ccc(-c3cccc(C(=O)NC4CC5CC6(C)CC(C4)N56)n3)cc12. The van der Waals surface area contributed by atoms with E-state index in [1.807, 2.05) is 42.5 Å². The number of nitrogens with one attached hydrogen (secondary N) is 2. The van der Waals surface area contributed by atoms with Gasteiger partial charge in [-0.05, 0) is 62.3 Å². The average Bonchev–Trinajstić information content (AvgIpc) is 2.89. The van der Waals surface area contributed by atoms with Crippen molar-refractivity contribution < 1.29 is 9.53 Å². The molecular weight excluding hydrogens is 462 g/mol. The van der Waals surface area contributed by atoms with Gasteiger partial charge in [0.15, 0.2) is 0 Å². The summed E-state index contributed by atoms with van der Waals surface area (Å²) < 4.78 is 5.58. The number of fused-ring (bicyclic) bond motifs is 1. The Hall–Kier alpha value is -3.89. The van der Waals surface area contributed by atoms with Crippen LogP contribution in [0.3, 0.4) is 0 Å². The molecule has 3 aliphatic heterocycles. The summed E-state index contributed by atoms with van der Waals surface area (Å²) in [7, 11) is 1.62. The van der Waals surface area contributed by atoms with Crippen LogP contribution in [0.4, 0.5) is 5.69 Å². The molecular formula is C30H31N5O2. The van der Waals surface area contributed by atoms with Crippen LogP contribution in [-0.2, 0) is 0 Å². The van der Waals surface area contributed by atoms with Crippen molar-refractivity contribution >= 4 is 22.4 Å². The molecule has 188 valence electrons. The lowest BCUT2D eigenvalue weighted by Gasteiger charge is -2.72. The zero-order valence-corrected chi connectivity index (χ0v) is 21.3. The Morgan fingerprint density at radius 1 is 1.22 bits per heavy atom. The molecule has 3 saturated heterocycles. The lowest BCUT2D eigenvalue weighted by molar-refractivity contribution is -0.213. The molecule has 7 heteroatoms. The summed E-state index contributed by atoms with van der Waals surface area (Å²) in [5.74, 6) is 0.572. The van der Waals surface area contributed by atoms with Gasteiger partial charge in [-0.15, -0.1) is 0 Å². The number of carbonyl (C=O) groups excluding carboxylic acids is 1. The fourth-order valence-electron chi connectivity index (χ4n) is 6.75. The number of nitrogens with zero attached hydrogens (tertiary/aromatic N) is 3. The summed E-state index contributed by atoms with van der Waals surface area (Å²) >= 11 is 0. The lowest BCUT2D eigenvalue weighted by atomic mass is 9.60. The van der Waals surface area contributed by atoms with Crippen molar-refractivity contribution in [1.82, 2.24) is 15.2 Å². The van der Waals surface area contributed by atoms with Gasteiger partial charge in [0, 0.05) is 46.7 Å². The summed E-state index contributed by atoms with van der Waals surface area (Å²) in [5.41, 5.74) is 3.72. The van der Waals surface area contributed by atoms with E-state index in [2.05, 4.69) is 35.1 Å². The molecule has 0 saturated carbocycles. The molecule has 2 aromatic carbocycles. The molecule has 0 spiro atoms. The third kappa shape index (κ3) is 4.02. The maximum absolute atomic E-state index is 13.2. The van der Waals surface area contributed by atoms with E-state index in [0.29, 0.717) is 41.2 Å². The van der Waals surface area contributed by atoms with Gasteiger partial charge in [-0.2, -0.15) is 5.26 Å². The Morgan fingerprint density at radius 3 is 2.68 bits per heavy atom. The first kappa shape index (κ1) is 23.5. The quantitative estimate of drug-likeness (QED) is 0.455. The molecule has 1 amide bonds. The highest BCUT2D eigenvalue weighted by Crippen LogP contribution is 2.56. The van der Waals surface area contributed by atoms with E-state index in [4.69, 9.17) is 15.0 Å². The molecule has 37 heavy (non-hydrogen) atoms. The topological polar surface area (TPSA) is 90.3 Å². The van der Waals surface area contributed by atoms with E-state index >= 15 is 0 Å². The molecule has 0 aliphatic carbocycles. The highest BCUT2D eigenvalue weighted by molar-refractivity contribution is 5.99. The molecule has 2 N–H and O–H groups in total. The van der Waals surface area contributed by atoms with Gasteiger partial charge in [-0.1, -0.05) is 30.8 Å². The summed E-state index contributed by atoms with van der Waals surface area (Å²) in [6, 6.07) is 19.1. The van der Waals surface area contributed by atoms with Crippen molar-refractivity contribution in [2.75, 3.05) is 19.0 Å². The zero-order chi connectivity index (χ0) is 25.7. The fourth-order valence-corrected chi connectivity index (χ4v) is 6.75. The van der Waals surface area contributed by atoms with E-state index in [9.17, 15) is 4.79 Å². The lowest BCUT2D eigenvalue weighted by Crippen LogP contribution is -2.80. The number of benzene rings is 2. The van der Waals surface area contributed by atoms with Crippen molar-refractivity contribution in [2.45, 2.75) is 56.3 Å². The molecule has 3 aliphatic rings. The van der Waals surface area contributed by atoms with E-state index in [-0.39, 0.29) is 11.9 Å². The minimum atomic E-state index is -0.110. The molecule has 0 bridgehead atoms.